The molecule has 1 unspecified atom stereocenters. The number of hydrogen-bond donors (Lipinski definition) is 1. The molecule has 1 N–H and O–H groups in total. The minimum absolute atomic E-state index is 0.0865. The average molecular weight is 312 g/mol. The van der Waals surface area contributed by atoms with E-state index in [0.717, 1.165) is 32.5 Å². The molecule has 124 valence electrons. The summed E-state index contributed by atoms with van der Waals surface area (Å²) in [7, 11) is 0. The van der Waals surface area contributed by atoms with Crippen molar-refractivity contribution in [1.29, 1.82) is 0 Å². The molecule has 1 aliphatic carbocycles. The lowest BCUT2D eigenvalue weighted by Crippen LogP contribution is -2.54. The summed E-state index contributed by atoms with van der Waals surface area (Å²) in [6.07, 6.45) is 9.21. The van der Waals surface area contributed by atoms with Crippen LogP contribution in [0.2, 0.25) is 0 Å². The normalized spacial score (nSPS) is 22.1. The first-order valence-electron chi connectivity index (χ1n) is 8.65. The topological polar surface area (TPSA) is 24.5 Å². The number of allylic oxidation sites excluding steroid dienone is 4. The Bertz CT molecular complexity index is 581. The molecule has 3 nitrogen and oxygen atoms in total. The molecule has 3 heteroatoms. The van der Waals surface area contributed by atoms with Gasteiger partial charge in [-0.25, -0.2) is 0 Å². The Labute approximate surface area is 140 Å². The van der Waals surface area contributed by atoms with Gasteiger partial charge in [0.1, 0.15) is 6.23 Å². The summed E-state index contributed by atoms with van der Waals surface area (Å²) in [4.78, 5) is 2.37. The Kier molecular flexibility index (Phi) is 4.88. The maximum absolute atomic E-state index is 6.23. The van der Waals surface area contributed by atoms with Crippen molar-refractivity contribution in [2.24, 2.45) is 0 Å². The number of ether oxygens (including phenoxy) is 1. The number of benzene rings is 1. The predicted molar refractivity (Wildman–Crippen MR) is 97.6 cm³/mol. The third-order valence-electron chi connectivity index (χ3n) is 4.21. The fourth-order valence-corrected chi connectivity index (χ4v) is 3.16. The molecule has 1 fully saturated rings. The van der Waals surface area contributed by atoms with E-state index in [1.807, 2.05) is 0 Å². The van der Waals surface area contributed by atoms with Crippen LogP contribution < -0.4 is 10.2 Å². The third kappa shape index (κ3) is 4.24. The van der Waals surface area contributed by atoms with Gasteiger partial charge in [0.05, 0.1) is 5.60 Å². The molecular formula is C20H28N2O. The van der Waals surface area contributed by atoms with Crippen LogP contribution in [0.3, 0.4) is 0 Å². The highest BCUT2D eigenvalue weighted by molar-refractivity contribution is 5.75. The molecular weight excluding hydrogens is 284 g/mol. The average Bonchev–Trinajstić information content (AvgIpc) is 2.55. The van der Waals surface area contributed by atoms with E-state index in [1.54, 1.807) is 0 Å². The predicted octanol–water partition coefficient (Wildman–Crippen LogP) is 3.97. The highest BCUT2D eigenvalue weighted by Gasteiger charge is 2.27. The Balaban J connectivity index is 1.76. The summed E-state index contributed by atoms with van der Waals surface area (Å²) in [5.41, 5.74) is 3.74. The van der Waals surface area contributed by atoms with Crippen LogP contribution in [0.25, 0.3) is 5.57 Å². The summed E-state index contributed by atoms with van der Waals surface area (Å²) in [6.45, 7) is 9.19. The molecule has 2 aliphatic rings. The molecule has 0 bridgehead atoms. The lowest BCUT2D eigenvalue weighted by molar-refractivity contribution is -0.0635. The number of nitrogens with one attached hydrogen (secondary N) is 1. The van der Waals surface area contributed by atoms with Gasteiger partial charge in [0.2, 0.25) is 0 Å². The van der Waals surface area contributed by atoms with Gasteiger partial charge in [-0.2, -0.15) is 0 Å². The quantitative estimate of drug-likeness (QED) is 0.914. The zero-order valence-electron chi connectivity index (χ0n) is 14.5. The van der Waals surface area contributed by atoms with Crippen molar-refractivity contribution in [3.63, 3.8) is 0 Å². The van der Waals surface area contributed by atoms with E-state index in [9.17, 15) is 0 Å². The first-order chi connectivity index (χ1) is 11.0. The van der Waals surface area contributed by atoms with E-state index in [-0.39, 0.29) is 11.8 Å². The number of rotatable bonds is 3. The third-order valence-corrected chi connectivity index (χ3v) is 4.21. The maximum Gasteiger partial charge on any atom is 0.143 e. The van der Waals surface area contributed by atoms with E-state index in [2.05, 4.69) is 73.5 Å². The van der Waals surface area contributed by atoms with Crippen LogP contribution in [-0.4, -0.2) is 31.5 Å². The molecule has 1 saturated heterocycles. The molecule has 1 aliphatic heterocycles. The van der Waals surface area contributed by atoms with E-state index in [1.165, 1.54) is 16.8 Å². The molecule has 0 amide bonds. The highest BCUT2D eigenvalue weighted by Crippen LogP contribution is 2.26. The van der Waals surface area contributed by atoms with Crippen LogP contribution in [-0.2, 0) is 4.74 Å². The summed E-state index contributed by atoms with van der Waals surface area (Å²) >= 11 is 0. The van der Waals surface area contributed by atoms with Gasteiger partial charge in [-0.3, -0.25) is 0 Å². The van der Waals surface area contributed by atoms with Gasteiger partial charge >= 0.3 is 0 Å². The van der Waals surface area contributed by atoms with Crippen molar-refractivity contribution in [2.75, 3.05) is 24.5 Å². The molecule has 0 aromatic heterocycles. The second kappa shape index (κ2) is 6.90. The molecule has 1 heterocycles. The van der Waals surface area contributed by atoms with E-state index < -0.39 is 0 Å². The number of nitrogens with zero attached hydrogens (tertiary/aromatic N) is 1. The van der Waals surface area contributed by atoms with E-state index >= 15 is 0 Å². The highest BCUT2D eigenvalue weighted by atomic mass is 16.5. The molecule has 1 atom stereocenters. The summed E-state index contributed by atoms with van der Waals surface area (Å²) in [5.74, 6) is 0. The Morgan fingerprint density at radius 3 is 2.57 bits per heavy atom. The first-order valence-corrected chi connectivity index (χ1v) is 8.65. The standard InChI is InChI=1S/C20H28N2O/c1-20(2,3)23-19-15-21-13-14-22(19)18-11-9-17(10-12-18)16-7-5-4-6-8-16/h5,7-12,19,21H,4,6,13-15H2,1-3H3. The molecule has 0 spiro atoms. The molecule has 0 saturated carbocycles. The van der Waals surface area contributed by atoms with Gasteiger partial charge in [0.25, 0.3) is 0 Å². The van der Waals surface area contributed by atoms with Crippen molar-refractivity contribution < 1.29 is 4.74 Å². The van der Waals surface area contributed by atoms with Crippen LogP contribution in [0.5, 0.6) is 0 Å². The first kappa shape index (κ1) is 16.3. The lowest BCUT2D eigenvalue weighted by Gasteiger charge is -2.41. The van der Waals surface area contributed by atoms with Crippen LogP contribution in [0.1, 0.15) is 39.2 Å². The van der Waals surface area contributed by atoms with E-state index in [4.69, 9.17) is 4.74 Å². The van der Waals surface area contributed by atoms with Crippen LogP contribution in [0.15, 0.2) is 42.5 Å². The Morgan fingerprint density at radius 2 is 1.91 bits per heavy atom. The summed E-state index contributed by atoms with van der Waals surface area (Å²) in [5, 5.41) is 3.44. The number of anilines is 1. The number of piperazine rings is 1. The molecule has 1 aromatic rings. The van der Waals surface area contributed by atoms with Gasteiger partial charge in [0, 0.05) is 25.3 Å². The zero-order chi connectivity index (χ0) is 16.3. The van der Waals surface area contributed by atoms with Crippen molar-refractivity contribution in [3.05, 3.63) is 48.1 Å². The second-order valence-electron chi connectivity index (χ2n) is 7.27. The minimum Gasteiger partial charge on any atom is -0.351 e. The minimum atomic E-state index is -0.139. The fourth-order valence-electron chi connectivity index (χ4n) is 3.16. The van der Waals surface area contributed by atoms with Crippen LogP contribution >= 0.6 is 0 Å². The Morgan fingerprint density at radius 1 is 1.13 bits per heavy atom. The molecule has 23 heavy (non-hydrogen) atoms. The summed E-state index contributed by atoms with van der Waals surface area (Å²) in [6, 6.07) is 8.91. The van der Waals surface area contributed by atoms with Crippen molar-refractivity contribution in [3.8, 4) is 0 Å². The zero-order valence-corrected chi connectivity index (χ0v) is 14.5. The van der Waals surface area contributed by atoms with Crippen LogP contribution in [0, 0.1) is 0 Å². The lowest BCUT2D eigenvalue weighted by atomic mass is 9.99. The molecule has 1 aromatic carbocycles. The fraction of sp³-hybridized carbons (Fsp3) is 0.500. The Hall–Kier alpha value is -1.58. The van der Waals surface area contributed by atoms with Crippen molar-refractivity contribution >= 4 is 11.3 Å². The monoisotopic (exact) mass is 312 g/mol. The van der Waals surface area contributed by atoms with Crippen molar-refractivity contribution in [2.45, 2.75) is 45.4 Å². The van der Waals surface area contributed by atoms with E-state index in [0.29, 0.717) is 0 Å². The smallest absolute Gasteiger partial charge is 0.143 e. The van der Waals surface area contributed by atoms with Gasteiger partial charge in [-0.1, -0.05) is 30.4 Å². The van der Waals surface area contributed by atoms with Crippen molar-refractivity contribution in [1.82, 2.24) is 5.32 Å². The SMILES string of the molecule is CC(C)(C)OC1CNCCN1c1ccc(C2=CCCC=C2)cc1. The van der Waals surface area contributed by atoms with Gasteiger partial charge < -0.3 is 15.0 Å². The molecule has 3 rings (SSSR count). The maximum atomic E-state index is 6.23. The molecule has 0 radical (unpaired) electrons. The second-order valence-corrected chi connectivity index (χ2v) is 7.27. The van der Waals surface area contributed by atoms with Gasteiger partial charge in [-0.05, 0) is 56.9 Å². The van der Waals surface area contributed by atoms with Gasteiger partial charge in [0.15, 0.2) is 0 Å². The number of hydrogen-bond acceptors (Lipinski definition) is 3. The largest absolute Gasteiger partial charge is 0.351 e. The summed E-state index contributed by atoms with van der Waals surface area (Å²) < 4.78 is 6.23. The van der Waals surface area contributed by atoms with Gasteiger partial charge in [-0.15, -0.1) is 0 Å². The van der Waals surface area contributed by atoms with Crippen LogP contribution in [0.4, 0.5) is 5.69 Å².